The molecule has 0 spiro atoms. The van der Waals surface area contributed by atoms with Gasteiger partial charge < -0.3 is 5.11 Å². The lowest BCUT2D eigenvalue weighted by molar-refractivity contribution is 0.261. The van der Waals surface area contributed by atoms with E-state index in [1.807, 2.05) is 13.0 Å². The molecule has 0 radical (unpaired) electrons. The second-order valence-electron chi connectivity index (χ2n) is 2.79. The summed E-state index contributed by atoms with van der Waals surface area (Å²) in [6, 6.07) is 0. The van der Waals surface area contributed by atoms with Gasteiger partial charge in [0.25, 0.3) is 0 Å². The Kier molecular flexibility index (Phi) is 4.41. The molecule has 0 fully saturated rings. The van der Waals surface area contributed by atoms with Gasteiger partial charge in [-0.1, -0.05) is 32.9 Å². The van der Waals surface area contributed by atoms with Gasteiger partial charge in [0, 0.05) is 6.61 Å². The number of hydrogen-bond acceptors (Lipinski definition) is 1. The maximum atomic E-state index is 8.60. The van der Waals surface area contributed by atoms with E-state index in [0.29, 0.717) is 11.8 Å². The van der Waals surface area contributed by atoms with Crippen LogP contribution in [0.2, 0.25) is 0 Å². The molecule has 0 saturated carbocycles. The van der Waals surface area contributed by atoms with E-state index in [9.17, 15) is 0 Å². The van der Waals surface area contributed by atoms with Crippen molar-refractivity contribution in [1.82, 2.24) is 0 Å². The summed E-state index contributed by atoms with van der Waals surface area (Å²) in [4.78, 5) is 0. The highest BCUT2D eigenvalue weighted by molar-refractivity contribution is 4.88. The number of aliphatic hydroxyl groups is 1. The highest BCUT2D eigenvalue weighted by atomic mass is 16.3. The molecular formula is C8H16O. The Labute approximate surface area is 57.4 Å². The van der Waals surface area contributed by atoms with Crippen LogP contribution in [0.5, 0.6) is 0 Å². The summed E-state index contributed by atoms with van der Waals surface area (Å²) in [6.07, 6.45) is 4.16. The molecule has 1 atom stereocenters. The fourth-order valence-corrected chi connectivity index (χ4v) is 0.473. The van der Waals surface area contributed by atoms with Crippen LogP contribution in [-0.4, -0.2) is 11.7 Å². The summed E-state index contributed by atoms with van der Waals surface area (Å²) in [5.41, 5.74) is 0. The fraction of sp³-hybridized carbons (Fsp3) is 0.750. The van der Waals surface area contributed by atoms with Crippen LogP contribution in [0.15, 0.2) is 12.2 Å². The minimum absolute atomic E-state index is 0.253. The third-order valence-corrected chi connectivity index (χ3v) is 1.11. The average molecular weight is 128 g/mol. The largest absolute Gasteiger partial charge is 0.396 e. The Morgan fingerprint density at radius 2 is 1.78 bits per heavy atom. The van der Waals surface area contributed by atoms with E-state index in [2.05, 4.69) is 19.9 Å². The molecule has 0 bridgehead atoms. The average Bonchev–Trinajstić information content (AvgIpc) is 1.83. The van der Waals surface area contributed by atoms with Crippen molar-refractivity contribution < 1.29 is 5.11 Å². The summed E-state index contributed by atoms with van der Waals surface area (Å²) in [5, 5.41) is 8.60. The van der Waals surface area contributed by atoms with Gasteiger partial charge in [0.15, 0.2) is 0 Å². The molecule has 0 amide bonds. The Bertz CT molecular complexity index is 84.6. The van der Waals surface area contributed by atoms with Crippen LogP contribution in [-0.2, 0) is 0 Å². The maximum Gasteiger partial charge on any atom is 0.0491 e. The van der Waals surface area contributed by atoms with Crippen molar-refractivity contribution in [2.24, 2.45) is 11.8 Å². The monoisotopic (exact) mass is 128 g/mol. The van der Waals surface area contributed by atoms with Gasteiger partial charge in [-0.25, -0.2) is 0 Å². The molecule has 0 saturated heterocycles. The summed E-state index contributed by atoms with van der Waals surface area (Å²) in [6.45, 7) is 6.50. The lowest BCUT2D eigenvalue weighted by Crippen LogP contribution is -1.95. The molecule has 9 heavy (non-hydrogen) atoms. The first-order valence-corrected chi connectivity index (χ1v) is 3.46. The number of aliphatic hydroxyl groups excluding tert-OH is 1. The van der Waals surface area contributed by atoms with E-state index < -0.39 is 0 Å². The zero-order valence-corrected chi connectivity index (χ0v) is 6.46. The van der Waals surface area contributed by atoms with Crippen molar-refractivity contribution in [2.75, 3.05) is 6.61 Å². The molecule has 1 heteroatoms. The summed E-state index contributed by atoms with van der Waals surface area (Å²) >= 11 is 0. The van der Waals surface area contributed by atoms with Crippen molar-refractivity contribution in [3.8, 4) is 0 Å². The van der Waals surface area contributed by atoms with Crippen LogP contribution >= 0.6 is 0 Å². The molecule has 0 aromatic rings. The highest BCUT2D eigenvalue weighted by Crippen LogP contribution is 1.99. The van der Waals surface area contributed by atoms with Gasteiger partial charge in [-0.2, -0.15) is 0 Å². The molecule has 1 nitrogen and oxygen atoms in total. The Hall–Kier alpha value is -0.300. The van der Waals surface area contributed by atoms with Gasteiger partial charge in [-0.05, 0) is 11.8 Å². The first-order valence-electron chi connectivity index (χ1n) is 3.46. The normalized spacial score (nSPS) is 15.2. The maximum absolute atomic E-state index is 8.60. The van der Waals surface area contributed by atoms with Crippen LogP contribution in [0, 0.1) is 11.8 Å². The molecule has 0 unspecified atom stereocenters. The Balaban J connectivity index is 3.43. The van der Waals surface area contributed by atoms with E-state index in [0.717, 1.165) is 0 Å². The van der Waals surface area contributed by atoms with Crippen molar-refractivity contribution in [3.63, 3.8) is 0 Å². The van der Waals surface area contributed by atoms with Crippen molar-refractivity contribution >= 4 is 0 Å². The van der Waals surface area contributed by atoms with E-state index in [-0.39, 0.29) is 6.61 Å². The third-order valence-electron chi connectivity index (χ3n) is 1.11. The zero-order valence-electron chi connectivity index (χ0n) is 6.46. The Morgan fingerprint density at radius 1 is 1.22 bits per heavy atom. The van der Waals surface area contributed by atoms with Gasteiger partial charge in [0.05, 0.1) is 0 Å². The predicted octanol–water partition coefficient (Wildman–Crippen LogP) is 1.83. The van der Waals surface area contributed by atoms with Crippen LogP contribution in [0.3, 0.4) is 0 Å². The van der Waals surface area contributed by atoms with E-state index in [1.165, 1.54) is 0 Å². The SMILES string of the molecule is CC(C)/C=C\[C@@H](C)CO. The summed E-state index contributed by atoms with van der Waals surface area (Å²) in [7, 11) is 0. The van der Waals surface area contributed by atoms with E-state index in [4.69, 9.17) is 5.11 Å². The standard InChI is InChI=1S/C8H16O/c1-7(2)4-5-8(3)6-9/h4-5,7-9H,6H2,1-3H3/b5-4-/t8-/m1/s1. The van der Waals surface area contributed by atoms with Gasteiger partial charge in [0.1, 0.15) is 0 Å². The van der Waals surface area contributed by atoms with Crippen LogP contribution in [0.25, 0.3) is 0 Å². The minimum atomic E-state index is 0.253. The fourth-order valence-electron chi connectivity index (χ4n) is 0.473. The van der Waals surface area contributed by atoms with Crippen molar-refractivity contribution in [3.05, 3.63) is 12.2 Å². The molecule has 0 aliphatic heterocycles. The quantitative estimate of drug-likeness (QED) is 0.575. The number of hydrogen-bond donors (Lipinski definition) is 1. The molecule has 0 heterocycles. The first kappa shape index (κ1) is 8.70. The van der Waals surface area contributed by atoms with Crippen LogP contribution in [0.4, 0.5) is 0 Å². The van der Waals surface area contributed by atoms with Gasteiger partial charge in [0.2, 0.25) is 0 Å². The zero-order chi connectivity index (χ0) is 7.28. The summed E-state index contributed by atoms with van der Waals surface area (Å²) < 4.78 is 0. The second kappa shape index (κ2) is 4.57. The van der Waals surface area contributed by atoms with Crippen molar-refractivity contribution in [2.45, 2.75) is 20.8 Å². The van der Waals surface area contributed by atoms with Gasteiger partial charge >= 0.3 is 0 Å². The lowest BCUT2D eigenvalue weighted by Gasteiger charge is -1.99. The molecule has 0 rings (SSSR count). The summed E-state index contributed by atoms with van der Waals surface area (Å²) in [5.74, 6) is 0.909. The second-order valence-corrected chi connectivity index (χ2v) is 2.79. The van der Waals surface area contributed by atoms with Crippen LogP contribution < -0.4 is 0 Å². The number of allylic oxidation sites excluding steroid dienone is 1. The van der Waals surface area contributed by atoms with E-state index >= 15 is 0 Å². The van der Waals surface area contributed by atoms with Crippen molar-refractivity contribution in [1.29, 1.82) is 0 Å². The molecule has 0 aliphatic rings. The van der Waals surface area contributed by atoms with Gasteiger partial charge in [-0.3, -0.25) is 0 Å². The van der Waals surface area contributed by atoms with E-state index in [1.54, 1.807) is 0 Å². The minimum Gasteiger partial charge on any atom is -0.396 e. The molecule has 0 aromatic heterocycles. The smallest absolute Gasteiger partial charge is 0.0491 e. The van der Waals surface area contributed by atoms with Gasteiger partial charge in [-0.15, -0.1) is 0 Å². The highest BCUT2D eigenvalue weighted by Gasteiger charge is 1.91. The molecular weight excluding hydrogens is 112 g/mol. The number of rotatable bonds is 3. The third kappa shape index (κ3) is 5.57. The topological polar surface area (TPSA) is 20.2 Å². The lowest BCUT2D eigenvalue weighted by atomic mass is 10.1. The predicted molar refractivity (Wildman–Crippen MR) is 40.2 cm³/mol. The molecule has 1 N–H and O–H groups in total. The molecule has 54 valence electrons. The molecule has 0 aliphatic carbocycles. The molecule has 0 aromatic carbocycles. The van der Waals surface area contributed by atoms with Crippen LogP contribution in [0.1, 0.15) is 20.8 Å². The first-order chi connectivity index (χ1) is 4.16. The Morgan fingerprint density at radius 3 is 2.11 bits per heavy atom.